The molecular formula is C15H23BrN2. The first-order chi connectivity index (χ1) is 8.52. The fourth-order valence-corrected chi connectivity index (χ4v) is 2.93. The standard InChI is InChI=1S/C15H23BrN2/c1-3-15(2)6-8-18(9-7-15)11-12-10-13(17)4-5-14(12)16/h4-5,10H,3,6-9,11,17H2,1-2H3. The van der Waals surface area contributed by atoms with Crippen molar-refractivity contribution < 1.29 is 0 Å². The molecule has 1 saturated heterocycles. The second kappa shape index (κ2) is 5.62. The molecule has 0 aliphatic carbocycles. The topological polar surface area (TPSA) is 29.3 Å². The van der Waals surface area contributed by atoms with Gasteiger partial charge in [-0.25, -0.2) is 0 Å². The first-order valence-electron chi connectivity index (χ1n) is 6.79. The molecule has 1 fully saturated rings. The number of piperidine rings is 1. The number of nitrogens with zero attached hydrogens (tertiary/aromatic N) is 1. The van der Waals surface area contributed by atoms with Gasteiger partial charge in [0.25, 0.3) is 0 Å². The molecule has 1 heterocycles. The highest BCUT2D eigenvalue weighted by Gasteiger charge is 2.28. The molecule has 3 heteroatoms. The Kier molecular flexibility index (Phi) is 4.33. The second-order valence-electron chi connectivity index (χ2n) is 5.79. The highest BCUT2D eigenvalue weighted by molar-refractivity contribution is 9.10. The van der Waals surface area contributed by atoms with E-state index in [2.05, 4.69) is 40.7 Å². The number of likely N-dealkylation sites (tertiary alicyclic amines) is 1. The maximum Gasteiger partial charge on any atom is 0.0318 e. The Morgan fingerprint density at radius 1 is 1.33 bits per heavy atom. The van der Waals surface area contributed by atoms with E-state index in [4.69, 9.17) is 5.73 Å². The molecule has 1 aromatic carbocycles. The van der Waals surface area contributed by atoms with Crippen molar-refractivity contribution in [2.45, 2.75) is 39.7 Å². The summed E-state index contributed by atoms with van der Waals surface area (Å²) in [6.07, 6.45) is 3.91. The summed E-state index contributed by atoms with van der Waals surface area (Å²) in [6.45, 7) is 8.13. The number of rotatable bonds is 3. The van der Waals surface area contributed by atoms with Crippen LogP contribution < -0.4 is 5.73 Å². The fourth-order valence-electron chi connectivity index (χ4n) is 2.56. The quantitative estimate of drug-likeness (QED) is 0.854. The lowest BCUT2D eigenvalue weighted by molar-refractivity contribution is 0.109. The summed E-state index contributed by atoms with van der Waals surface area (Å²) in [6, 6.07) is 6.07. The minimum absolute atomic E-state index is 0.559. The van der Waals surface area contributed by atoms with E-state index in [-0.39, 0.29) is 0 Å². The van der Waals surface area contributed by atoms with Gasteiger partial charge in [0.2, 0.25) is 0 Å². The number of hydrogen-bond acceptors (Lipinski definition) is 2. The average molecular weight is 311 g/mol. The molecule has 0 unspecified atom stereocenters. The van der Waals surface area contributed by atoms with Crippen molar-refractivity contribution in [2.75, 3.05) is 18.8 Å². The summed E-state index contributed by atoms with van der Waals surface area (Å²) in [7, 11) is 0. The summed E-state index contributed by atoms with van der Waals surface area (Å²) in [5, 5.41) is 0. The summed E-state index contributed by atoms with van der Waals surface area (Å²) in [4.78, 5) is 2.54. The Morgan fingerprint density at radius 2 is 2.00 bits per heavy atom. The van der Waals surface area contributed by atoms with E-state index in [0.717, 1.165) is 12.2 Å². The molecule has 0 saturated carbocycles. The van der Waals surface area contributed by atoms with Gasteiger partial charge >= 0.3 is 0 Å². The van der Waals surface area contributed by atoms with Gasteiger partial charge in [-0.15, -0.1) is 0 Å². The third-order valence-electron chi connectivity index (χ3n) is 4.38. The molecule has 18 heavy (non-hydrogen) atoms. The van der Waals surface area contributed by atoms with Crippen LogP contribution in [-0.4, -0.2) is 18.0 Å². The van der Waals surface area contributed by atoms with E-state index in [1.165, 1.54) is 42.4 Å². The van der Waals surface area contributed by atoms with E-state index in [1.54, 1.807) is 0 Å². The SMILES string of the molecule is CCC1(C)CCN(Cc2cc(N)ccc2Br)CC1. The number of nitrogens with two attached hydrogens (primary N) is 1. The fraction of sp³-hybridized carbons (Fsp3) is 0.600. The summed E-state index contributed by atoms with van der Waals surface area (Å²) in [5.74, 6) is 0. The average Bonchev–Trinajstić information content (AvgIpc) is 2.37. The van der Waals surface area contributed by atoms with Crippen LogP contribution in [0.25, 0.3) is 0 Å². The van der Waals surface area contributed by atoms with E-state index < -0.39 is 0 Å². The highest BCUT2D eigenvalue weighted by atomic mass is 79.9. The van der Waals surface area contributed by atoms with Gasteiger partial charge in [-0.3, -0.25) is 4.90 Å². The largest absolute Gasteiger partial charge is 0.399 e. The van der Waals surface area contributed by atoms with Crippen LogP contribution in [0.15, 0.2) is 22.7 Å². The maximum atomic E-state index is 5.86. The second-order valence-corrected chi connectivity index (χ2v) is 6.65. The van der Waals surface area contributed by atoms with Gasteiger partial charge in [0.15, 0.2) is 0 Å². The van der Waals surface area contributed by atoms with Gasteiger partial charge in [-0.05, 0) is 55.1 Å². The van der Waals surface area contributed by atoms with Gasteiger partial charge < -0.3 is 5.73 Å². The zero-order valence-electron chi connectivity index (χ0n) is 11.4. The lowest BCUT2D eigenvalue weighted by Crippen LogP contribution is -2.38. The third-order valence-corrected chi connectivity index (χ3v) is 5.15. The van der Waals surface area contributed by atoms with Crippen molar-refractivity contribution in [1.82, 2.24) is 4.90 Å². The van der Waals surface area contributed by atoms with Crippen molar-refractivity contribution in [1.29, 1.82) is 0 Å². The molecule has 0 aromatic heterocycles. The van der Waals surface area contributed by atoms with Crippen LogP contribution in [-0.2, 0) is 6.54 Å². The molecule has 1 aliphatic heterocycles. The number of anilines is 1. The van der Waals surface area contributed by atoms with Gasteiger partial charge in [0.05, 0.1) is 0 Å². The Labute approximate surface area is 119 Å². The zero-order chi connectivity index (χ0) is 13.2. The summed E-state index contributed by atoms with van der Waals surface area (Å²) < 4.78 is 1.17. The Morgan fingerprint density at radius 3 is 2.61 bits per heavy atom. The van der Waals surface area contributed by atoms with Crippen LogP contribution in [0, 0.1) is 5.41 Å². The normalized spacial score (nSPS) is 19.9. The Bertz CT molecular complexity index is 409. The predicted molar refractivity (Wildman–Crippen MR) is 81.5 cm³/mol. The van der Waals surface area contributed by atoms with Gasteiger partial charge in [0.1, 0.15) is 0 Å². The molecule has 100 valence electrons. The van der Waals surface area contributed by atoms with E-state index in [1.807, 2.05) is 12.1 Å². The lowest BCUT2D eigenvalue weighted by atomic mass is 9.78. The van der Waals surface area contributed by atoms with Crippen molar-refractivity contribution in [3.63, 3.8) is 0 Å². The maximum absolute atomic E-state index is 5.86. The molecule has 2 rings (SSSR count). The lowest BCUT2D eigenvalue weighted by Gasteiger charge is -2.39. The minimum atomic E-state index is 0.559. The molecular weight excluding hydrogens is 288 g/mol. The molecule has 0 spiro atoms. The van der Waals surface area contributed by atoms with Crippen LogP contribution in [0.3, 0.4) is 0 Å². The van der Waals surface area contributed by atoms with Crippen LogP contribution >= 0.6 is 15.9 Å². The van der Waals surface area contributed by atoms with Crippen molar-refractivity contribution >= 4 is 21.6 Å². The number of hydrogen-bond donors (Lipinski definition) is 1. The predicted octanol–water partition coefficient (Wildman–Crippen LogP) is 4.04. The molecule has 0 amide bonds. The minimum Gasteiger partial charge on any atom is -0.399 e. The molecule has 0 radical (unpaired) electrons. The molecule has 1 aromatic rings. The molecule has 0 atom stereocenters. The van der Waals surface area contributed by atoms with Gasteiger partial charge in [0, 0.05) is 16.7 Å². The van der Waals surface area contributed by atoms with Gasteiger partial charge in [-0.2, -0.15) is 0 Å². The molecule has 1 aliphatic rings. The zero-order valence-corrected chi connectivity index (χ0v) is 13.0. The third kappa shape index (κ3) is 3.27. The van der Waals surface area contributed by atoms with E-state index in [0.29, 0.717) is 5.41 Å². The van der Waals surface area contributed by atoms with Crippen LogP contribution in [0.5, 0.6) is 0 Å². The van der Waals surface area contributed by atoms with Crippen LogP contribution in [0.4, 0.5) is 5.69 Å². The van der Waals surface area contributed by atoms with Crippen molar-refractivity contribution in [2.24, 2.45) is 5.41 Å². The number of halogens is 1. The Balaban J connectivity index is 1.97. The first-order valence-corrected chi connectivity index (χ1v) is 7.58. The number of nitrogen functional groups attached to an aromatic ring is 1. The summed E-state index contributed by atoms with van der Waals surface area (Å²) in [5.41, 5.74) is 8.57. The molecule has 0 bridgehead atoms. The van der Waals surface area contributed by atoms with E-state index >= 15 is 0 Å². The molecule has 2 nitrogen and oxygen atoms in total. The van der Waals surface area contributed by atoms with Crippen molar-refractivity contribution in [3.05, 3.63) is 28.2 Å². The molecule has 2 N–H and O–H groups in total. The van der Waals surface area contributed by atoms with E-state index in [9.17, 15) is 0 Å². The summed E-state index contributed by atoms with van der Waals surface area (Å²) >= 11 is 3.61. The monoisotopic (exact) mass is 310 g/mol. The van der Waals surface area contributed by atoms with Crippen molar-refractivity contribution in [3.8, 4) is 0 Å². The Hall–Kier alpha value is -0.540. The van der Waals surface area contributed by atoms with Gasteiger partial charge in [-0.1, -0.05) is 36.2 Å². The van der Waals surface area contributed by atoms with Crippen LogP contribution in [0.1, 0.15) is 38.7 Å². The van der Waals surface area contributed by atoms with Crippen LogP contribution in [0.2, 0.25) is 0 Å². The smallest absolute Gasteiger partial charge is 0.0318 e. The highest BCUT2D eigenvalue weighted by Crippen LogP contribution is 2.34. The number of benzene rings is 1. The first kappa shape index (κ1) is 13.9.